The van der Waals surface area contributed by atoms with Gasteiger partial charge in [-0.2, -0.15) is 0 Å². The molecule has 0 aliphatic carbocycles. The quantitative estimate of drug-likeness (QED) is 0.824. The van der Waals surface area contributed by atoms with E-state index in [1.807, 2.05) is 42.5 Å². The fraction of sp³-hybridized carbons (Fsp3) is 0.333. The van der Waals surface area contributed by atoms with Crippen LogP contribution in [0, 0.1) is 5.92 Å². The van der Waals surface area contributed by atoms with Crippen LogP contribution in [0.1, 0.15) is 28.5 Å². The van der Waals surface area contributed by atoms with Crippen LogP contribution in [-0.4, -0.2) is 29.1 Å². The number of aromatic nitrogens is 1. The molecule has 4 heteroatoms. The molecule has 1 heterocycles. The number of nitrogens with one attached hydrogen (secondary N) is 1. The summed E-state index contributed by atoms with van der Waals surface area (Å²) in [4.78, 5) is 16.4. The number of carbonyl (C=O) groups is 1. The molecule has 1 amide bonds. The number of carbonyl (C=O) groups excluding carboxylic acids is 1. The topological polar surface area (TPSA) is 62.2 Å². The lowest BCUT2D eigenvalue weighted by Crippen LogP contribution is -2.32. The maximum Gasteiger partial charge on any atom is 0.251 e. The molecule has 2 rings (SSSR count). The number of aliphatic hydroxyl groups is 1. The van der Waals surface area contributed by atoms with Gasteiger partial charge in [0.1, 0.15) is 0 Å². The molecule has 116 valence electrons. The Bertz CT molecular complexity index is 582. The normalized spacial score (nSPS) is 11.9. The van der Waals surface area contributed by atoms with Crippen molar-refractivity contribution in [2.24, 2.45) is 5.92 Å². The van der Waals surface area contributed by atoms with Gasteiger partial charge in [-0.05, 0) is 42.7 Å². The van der Waals surface area contributed by atoms with Crippen molar-refractivity contribution in [2.45, 2.75) is 19.8 Å². The van der Waals surface area contributed by atoms with Crippen LogP contribution in [0.4, 0.5) is 0 Å². The standard InChI is InChI=1S/C18H22N2O2/c1-2-14-6-8-16(9-7-14)18(22)20-12-15(13-21)11-17-5-3-4-10-19-17/h3-10,15,21H,2,11-13H2,1H3,(H,20,22). The minimum Gasteiger partial charge on any atom is -0.396 e. The fourth-order valence-corrected chi connectivity index (χ4v) is 2.25. The van der Waals surface area contributed by atoms with E-state index in [-0.39, 0.29) is 18.4 Å². The zero-order valence-corrected chi connectivity index (χ0v) is 12.8. The van der Waals surface area contributed by atoms with Crippen LogP contribution in [0.3, 0.4) is 0 Å². The summed E-state index contributed by atoms with van der Waals surface area (Å²) in [5.41, 5.74) is 2.77. The van der Waals surface area contributed by atoms with E-state index >= 15 is 0 Å². The zero-order chi connectivity index (χ0) is 15.8. The average Bonchev–Trinajstić information content (AvgIpc) is 2.59. The summed E-state index contributed by atoms with van der Waals surface area (Å²) in [6.45, 7) is 2.53. The lowest BCUT2D eigenvalue weighted by atomic mass is 10.0. The third-order valence-electron chi connectivity index (χ3n) is 3.66. The van der Waals surface area contributed by atoms with Crippen molar-refractivity contribution < 1.29 is 9.90 Å². The molecule has 0 aliphatic rings. The van der Waals surface area contributed by atoms with Crippen molar-refractivity contribution in [3.05, 3.63) is 65.5 Å². The van der Waals surface area contributed by atoms with Crippen LogP contribution >= 0.6 is 0 Å². The van der Waals surface area contributed by atoms with Crippen molar-refractivity contribution in [2.75, 3.05) is 13.2 Å². The van der Waals surface area contributed by atoms with Crippen LogP contribution in [0.5, 0.6) is 0 Å². The number of benzene rings is 1. The maximum absolute atomic E-state index is 12.1. The van der Waals surface area contributed by atoms with E-state index in [4.69, 9.17) is 0 Å². The summed E-state index contributed by atoms with van der Waals surface area (Å²) in [6, 6.07) is 13.3. The summed E-state index contributed by atoms with van der Waals surface area (Å²) < 4.78 is 0. The number of amides is 1. The molecule has 22 heavy (non-hydrogen) atoms. The van der Waals surface area contributed by atoms with E-state index in [2.05, 4.69) is 17.2 Å². The van der Waals surface area contributed by atoms with Crippen LogP contribution in [0.15, 0.2) is 48.7 Å². The average molecular weight is 298 g/mol. The van der Waals surface area contributed by atoms with Gasteiger partial charge >= 0.3 is 0 Å². The van der Waals surface area contributed by atoms with Gasteiger partial charge in [0.15, 0.2) is 0 Å². The SMILES string of the molecule is CCc1ccc(C(=O)NCC(CO)Cc2ccccn2)cc1. The molecule has 1 atom stereocenters. The number of aliphatic hydroxyl groups excluding tert-OH is 1. The number of rotatable bonds is 7. The molecule has 0 radical (unpaired) electrons. The first-order valence-corrected chi connectivity index (χ1v) is 7.60. The second-order valence-electron chi connectivity index (χ2n) is 5.33. The van der Waals surface area contributed by atoms with Gasteiger partial charge in [-0.1, -0.05) is 25.1 Å². The molecule has 0 fully saturated rings. The number of hydrogen-bond acceptors (Lipinski definition) is 3. The predicted molar refractivity (Wildman–Crippen MR) is 86.7 cm³/mol. The highest BCUT2D eigenvalue weighted by molar-refractivity contribution is 5.94. The highest BCUT2D eigenvalue weighted by atomic mass is 16.3. The molecule has 0 spiro atoms. The largest absolute Gasteiger partial charge is 0.396 e. The van der Waals surface area contributed by atoms with Gasteiger partial charge in [0.2, 0.25) is 0 Å². The lowest BCUT2D eigenvalue weighted by Gasteiger charge is -2.14. The van der Waals surface area contributed by atoms with Gasteiger partial charge < -0.3 is 10.4 Å². The minimum absolute atomic E-state index is 0.0195. The molecule has 2 N–H and O–H groups in total. The molecule has 0 aliphatic heterocycles. The van der Waals surface area contributed by atoms with Crippen molar-refractivity contribution in [3.63, 3.8) is 0 Å². The van der Waals surface area contributed by atoms with Crippen LogP contribution in [-0.2, 0) is 12.8 Å². The third-order valence-corrected chi connectivity index (χ3v) is 3.66. The first-order chi connectivity index (χ1) is 10.7. The smallest absolute Gasteiger partial charge is 0.251 e. The van der Waals surface area contributed by atoms with E-state index in [0.29, 0.717) is 18.5 Å². The van der Waals surface area contributed by atoms with E-state index in [1.165, 1.54) is 5.56 Å². The number of aryl methyl sites for hydroxylation is 1. The molecule has 0 bridgehead atoms. The Hall–Kier alpha value is -2.20. The summed E-state index contributed by atoms with van der Waals surface area (Å²) >= 11 is 0. The van der Waals surface area contributed by atoms with Gasteiger partial charge in [0.05, 0.1) is 0 Å². The Kier molecular flexibility index (Phi) is 6.10. The summed E-state index contributed by atoms with van der Waals surface area (Å²) in [7, 11) is 0. The fourth-order valence-electron chi connectivity index (χ4n) is 2.25. The molecule has 1 unspecified atom stereocenters. The summed E-state index contributed by atoms with van der Waals surface area (Å²) in [5, 5.41) is 12.3. The van der Waals surface area contributed by atoms with Gasteiger partial charge in [-0.15, -0.1) is 0 Å². The Morgan fingerprint density at radius 2 is 2.00 bits per heavy atom. The Balaban J connectivity index is 1.87. The Morgan fingerprint density at radius 1 is 1.23 bits per heavy atom. The second kappa shape index (κ2) is 8.29. The highest BCUT2D eigenvalue weighted by Gasteiger charge is 2.12. The Morgan fingerprint density at radius 3 is 2.59 bits per heavy atom. The second-order valence-corrected chi connectivity index (χ2v) is 5.33. The molecule has 1 aromatic heterocycles. The Labute approximate surface area is 131 Å². The minimum atomic E-state index is -0.109. The van der Waals surface area contributed by atoms with Crippen molar-refractivity contribution in [3.8, 4) is 0 Å². The first kappa shape index (κ1) is 16.2. The van der Waals surface area contributed by atoms with E-state index < -0.39 is 0 Å². The molecular formula is C18H22N2O2. The molecule has 4 nitrogen and oxygen atoms in total. The summed E-state index contributed by atoms with van der Waals surface area (Å²) in [6.07, 6.45) is 3.34. The van der Waals surface area contributed by atoms with Crippen LogP contribution < -0.4 is 5.32 Å². The van der Waals surface area contributed by atoms with E-state index in [0.717, 1.165) is 12.1 Å². The van der Waals surface area contributed by atoms with Crippen LogP contribution in [0.2, 0.25) is 0 Å². The molecule has 0 saturated carbocycles. The van der Waals surface area contributed by atoms with Gasteiger partial charge in [0, 0.05) is 36.5 Å². The molecular weight excluding hydrogens is 276 g/mol. The molecule has 1 aromatic carbocycles. The van der Waals surface area contributed by atoms with E-state index in [9.17, 15) is 9.90 Å². The first-order valence-electron chi connectivity index (χ1n) is 7.60. The highest BCUT2D eigenvalue weighted by Crippen LogP contribution is 2.07. The molecule has 0 saturated heterocycles. The number of nitrogens with zero attached hydrogens (tertiary/aromatic N) is 1. The van der Waals surface area contributed by atoms with Crippen molar-refractivity contribution in [1.29, 1.82) is 0 Å². The van der Waals surface area contributed by atoms with Crippen molar-refractivity contribution >= 4 is 5.91 Å². The lowest BCUT2D eigenvalue weighted by molar-refractivity contribution is 0.0940. The summed E-state index contributed by atoms with van der Waals surface area (Å²) in [5.74, 6) is -0.143. The van der Waals surface area contributed by atoms with Gasteiger partial charge in [0.25, 0.3) is 5.91 Å². The van der Waals surface area contributed by atoms with Crippen LogP contribution in [0.25, 0.3) is 0 Å². The van der Waals surface area contributed by atoms with Gasteiger partial charge in [-0.25, -0.2) is 0 Å². The number of pyridine rings is 1. The predicted octanol–water partition coefficient (Wildman–Crippen LogP) is 2.22. The van der Waals surface area contributed by atoms with Gasteiger partial charge in [-0.3, -0.25) is 9.78 Å². The monoisotopic (exact) mass is 298 g/mol. The molecule has 2 aromatic rings. The maximum atomic E-state index is 12.1. The third kappa shape index (κ3) is 4.67. The van der Waals surface area contributed by atoms with E-state index in [1.54, 1.807) is 6.20 Å². The number of hydrogen-bond donors (Lipinski definition) is 2. The van der Waals surface area contributed by atoms with Crippen molar-refractivity contribution in [1.82, 2.24) is 10.3 Å². The zero-order valence-electron chi connectivity index (χ0n) is 12.8.